The first kappa shape index (κ1) is 12.4. The van der Waals surface area contributed by atoms with Gasteiger partial charge in [-0.3, -0.25) is 9.36 Å². The minimum Gasteiger partial charge on any atom is -0.493 e. The van der Waals surface area contributed by atoms with Crippen LogP contribution in [0.5, 0.6) is 5.88 Å². The smallest absolute Gasteiger partial charge is 0.257 e. The molecule has 0 bridgehead atoms. The SMILES string of the molecule is CCCc1nc(O)cc(=O)n1Cc1ccccc1. The molecule has 0 atom stereocenters. The van der Waals surface area contributed by atoms with Gasteiger partial charge in [-0.25, -0.2) is 4.98 Å². The topological polar surface area (TPSA) is 55.1 Å². The minimum absolute atomic E-state index is 0.201. The van der Waals surface area contributed by atoms with Gasteiger partial charge >= 0.3 is 0 Å². The molecule has 4 nitrogen and oxygen atoms in total. The fourth-order valence-electron chi connectivity index (χ4n) is 1.89. The first-order chi connectivity index (χ1) is 8.70. The summed E-state index contributed by atoms with van der Waals surface area (Å²) in [6.45, 7) is 2.51. The first-order valence-corrected chi connectivity index (χ1v) is 6.04. The molecule has 1 N–H and O–H groups in total. The van der Waals surface area contributed by atoms with Gasteiger partial charge in [-0.05, 0) is 12.0 Å². The number of nitrogens with zero attached hydrogens (tertiary/aromatic N) is 2. The van der Waals surface area contributed by atoms with Crippen molar-refractivity contribution in [2.75, 3.05) is 0 Å². The van der Waals surface area contributed by atoms with Crippen LogP contribution in [0.15, 0.2) is 41.2 Å². The summed E-state index contributed by atoms with van der Waals surface area (Å²) in [5.41, 5.74) is 0.833. The fraction of sp³-hybridized carbons (Fsp3) is 0.286. The molecule has 0 saturated carbocycles. The predicted molar refractivity (Wildman–Crippen MR) is 69.7 cm³/mol. The molecule has 18 heavy (non-hydrogen) atoms. The zero-order valence-electron chi connectivity index (χ0n) is 10.3. The molecule has 4 heteroatoms. The maximum Gasteiger partial charge on any atom is 0.257 e. The Balaban J connectivity index is 2.40. The maximum atomic E-state index is 11.9. The quantitative estimate of drug-likeness (QED) is 0.894. The van der Waals surface area contributed by atoms with E-state index >= 15 is 0 Å². The minimum atomic E-state index is -0.213. The van der Waals surface area contributed by atoms with Gasteiger partial charge in [-0.15, -0.1) is 0 Å². The standard InChI is InChI=1S/C14H16N2O2/c1-2-6-12-15-13(17)9-14(18)16(12)10-11-7-4-3-5-8-11/h3-5,7-9,17H,2,6,10H2,1H3. The summed E-state index contributed by atoms with van der Waals surface area (Å²) in [5, 5.41) is 9.39. The van der Waals surface area contributed by atoms with Crippen LogP contribution >= 0.6 is 0 Å². The van der Waals surface area contributed by atoms with Gasteiger partial charge in [0.05, 0.1) is 12.6 Å². The predicted octanol–water partition coefficient (Wildman–Crippen LogP) is 1.95. The van der Waals surface area contributed by atoms with Crippen LogP contribution in [-0.2, 0) is 13.0 Å². The van der Waals surface area contributed by atoms with Gasteiger partial charge in [0, 0.05) is 6.42 Å². The molecule has 1 aromatic carbocycles. The van der Waals surface area contributed by atoms with E-state index in [1.54, 1.807) is 4.57 Å². The Morgan fingerprint density at radius 2 is 2.00 bits per heavy atom. The third-order valence-electron chi connectivity index (χ3n) is 2.73. The Morgan fingerprint density at radius 1 is 1.28 bits per heavy atom. The second-order valence-electron chi connectivity index (χ2n) is 4.19. The van der Waals surface area contributed by atoms with E-state index < -0.39 is 0 Å². The Bertz CT molecular complexity index is 576. The monoisotopic (exact) mass is 244 g/mol. The highest BCUT2D eigenvalue weighted by atomic mass is 16.3. The molecule has 0 amide bonds. The number of aryl methyl sites for hydroxylation is 1. The Morgan fingerprint density at radius 3 is 2.67 bits per heavy atom. The van der Waals surface area contributed by atoms with Crippen molar-refractivity contribution in [1.82, 2.24) is 9.55 Å². The molecule has 1 heterocycles. The molecule has 1 aromatic heterocycles. The summed E-state index contributed by atoms with van der Waals surface area (Å²) < 4.78 is 1.61. The van der Waals surface area contributed by atoms with Crippen molar-refractivity contribution in [3.63, 3.8) is 0 Å². The number of aromatic hydroxyl groups is 1. The second kappa shape index (κ2) is 5.49. The Hall–Kier alpha value is -2.10. The lowest BCUT2D eigenvalue weighted by atomic mass is 10.2. The third-order valence-corrected chi connectivity index (χ3v) is 2.73. The highest BCUT2D eigenvalue weighted by molar-refractivity contribution is 5.17. The lowest BCUT2D eigenvalue weighted by Crippen LogP contribution is -2.24. The molecule has 0 aliphatic carbocycles. The van der Waals surface area contributed by atoms with Gasteiger partial charge in [0.25, 0.3) is 5.56 Å². The Labute approximate surface area is 106 Å². The first-order valence-electron chi connectivity index (χ1n) is 6.04. The average molecular weight is 244 g/mol. The highest BCUT2D eigenvalue weighted by Crippen LogP contribution is 2.07. The van der Waals surface area contributed by atoms with Crippen molar-refractivity contribution in [1.29, 1.82) is 0 Å². The third kappa shape index (κ3) is 2.77. The number of rotatable bonds is 4. The molecular formula is C14H16N2O2. The summed E-state index contributed by atoms with van der Waals surface area (Å²) in [6, 6.07) is 10.9. The molecule has 0 saturated heterocycles. The fourth-order valence-corrected chi connectivity index (χ4v) is 1.89. The lowest BCUT2D eigenvalue weighted by Gasteiger charge is -2.11. The van der Waals surface area contributed by atoms with E-state index in [4.69, 9.17) is 0 Å². The molecule has 94 valence electrons. The van der Waals surface area contributed by atoms with Crippen molar-refractivity contribution in [2.24, 2.45) is 0 Å². The average Bonchev–Trinajstić information content (AvgIpc) is 2.35. The maximum absolute atomic E-state index is 11.9. The van der Waals surface area contributed by atoms with Crippen LogP contribution in [0.3, 0.4) is 0 Å². The summed E-state index contributed by atoms with van der Waals surface area (Å²) in [6.07, 6.45) is 1.56. The van der Waals surface area contributed by atoms with Crippen LogP contribution in [0.2, 0.25) is 0 Å². The molecule has 0 radical (unpaired) electrons. The largest absolute Gasteiger partial charge is 0.493 e. The van der Waals surface area contributed by atoms with Crippen LogP contribution in [0.4, 0.5) is 0 Å². The number of hydrogen-bond donors (Lipinski definition) is 1. The van der Waals surface area contributed by atoms with Crippen LogP contribution in [0.25, 0.3) is 0 Å². The number of hydrogen-bond acceptors (Lipinski definition) is 3. The van der Waals surface area contributed by atoms with Crippen molar-refractivity contribution < 1.29 is 5.11 Å². The summed E-state index contributed by atoms with van der Waals surface area (Å²) in [7, 11) is 0. The molecule has 0 fully saturated rings. The molecule has 2 aromatic rings. The van der Waals surface area contributed by atoms with E-state index in [0.717, 1.165) is 18.1 Å². The van der Waals surface area contributed by atoms with E-state index in [-0.39, 0.29) is 11.4 Å². The Kier molecular flexibility index (Phi) is 3.77. The van der Waals surface area contributed by atoms with Gasteiger partial charge in [0.15, 0.2) is 0 Å². The molecule has 0 spiro atoms. The van der Waals surface area contributed by atoms with E-state index in [9.17, 15) is 9.90 Å². The zero-order valence-corrected chi connectivity index (χ0v) is 10.3. The summed E-state index contributed by atoms with van der Waals surface area (Å²) >= 11 is 0. The molecular weight excluding hydrogens is 228 g/mol. The van der Waals surface area contributed by atoms with Crippen molar-refractivity contribution in [2.45, 2.75) is 26.3 Å². The summed E-state index contributed by atoms with van der Waals surface area (Å²) in [4.78, 5) is 15.9. The van der Waals surface area contributed by atoms with E-state index in [1.165, 1.54) is 0 Å². The zero-order chi connectivity index (χ0) is 13.0. The van der Waals surface area contributed by atoms with Crippen LogP contribution in [-0.4, -0.2) is 14.7 Å². The second-order valence-corrected chi connectivity index (χ2v) is 4.19. The van der Waals surface area contributed by atoms with Crippen LogP contribution < -0.4 is 5.56 Å². The number of aromatic nitrogens is 2. The lowest BCUT2D eigenvalue weighted by molar-refractivity contribution is 0.440. The van der Waals surface area contributed by atoms with Crippen LogP contribution in [0, 0.1) is 0 Å². The van der Waals surface area contributed by atoms with Crippen molar-refractivity contribution in [3.05, 3.63) is 58.1 Å². The molecule has 0 unspecified atom stereocenters. The van der Waals surface area contributed by atoms with Gasteiger partial charge < -0.3 is 5.11 Å². The van der Waals surface area contributed by atoms with E-state index in [1.807, 2.05) is 37.3 Å². The highest BCUT2D eigenvalue weighted by Gasteiger charge is 2.08. The van der Waals surface area contributed by atoms with Gasteiger partial charge in [0.2, 0.25) is 5.88 Å². The van der Waals surface area contributed by atoms with Gasteiger partial charge in [-0.1, -0.05) is 37.3 Å². The van der Waals surface area contributed by atoms with Crippen molar-refractivity contribution >= 4 is 0 Å². The normalized spacial score (nSPS) is 10.5. The molecule has 2 rings (SSSR count). The molecule has 0 aliphatic heterocycles. The van der Waals surface area contributed by atoms with Gasteiger partial charge in [-0.2, -0.15) is 0 Å². The van der Waals surface area contributed by atoms with Gasteiger partial charge in [0.1, 0.15) is 5.82 Å². The molecule has 0 aliphatic rings. The van der Waals surface area contributed by atoms with Crippen molar-refractivity contribution in [3.8, 4) is 5.88 Å². The van der Waals surface area contributed by atoms with E-state index in [0.29, 0.717) is 18.8 Å². The number of benzene rings is 1. The van der Waals surface area contributed by atoms with E-state index in [2.05, 4.69) is 4.98 Å². The van der Waals surface area contributed by atoms with Crippen LogP contribution in [0.1, 0.15) is 24.7 Å². The summed E-state index contributed by atoms with van der Waals surface area (Å²) in [5.74, 6) is 0.430.